The van der Waals surface area contributed by atoms with Crippen molar-refractivity contribution >= 4 is 35.1 Å². The van der Waals surface area contributed by atoms with Gasteiger partial charge >= 0.3 is 5.97 Å². The topological polar surface area (TPSA) is 55.4 Å². The van der Waals surface area contributed by atoms with Crippen LogP contribution in [0.5, 0.6) is 0 Å². The molecule has 138 valence electrons. The second-order valence-corrected chi connectivity index (χ2v) is 6.89. The van der Waals surface area contributed by atoms with E-state index in [-0.39, 0.29) is 18.4 Å². The van der Waals surface area contributed by atoms with Crippen molar-refractivity contribution in [2.24, 2.45) is 5.92 Å². The first kappa shape index (κ1) is 20.3. The van der Waals surface area contributed by atoms with Crippen LogP contribution < -0.4 is 5.32 Å². The number of ether oxygens (including phenoxy) is 1. The highest BCUT2D eigenvalue weighted by molar-refractivity contribution is 6.31. The minimum Gasteiger partial charge on any atom is -0.459 e. The Morgan fingerprint density at radius 3 is 2.35 bits per heavy atom. The minimum absolute atomic E-state index is 0.0578. The number of carbonyl (C=O) groups is 2. The van der Waals surface area contributed by atoms with Crippen molar-refractivity contribution in [3.63, 3.8) is 0 Å². The molecule has 0 aliphatic heterocycles. The quantitative estimate of drug-likeness (QED) is 0.681. The number of hydrogen-bond donors (Lipinski definition) is 1. The van der Waals surface area contributed by atoms with Crippen molar-refractivity contribution in [3.8, 4) is 0 Å². The fraction of sp³-hybridized carbons (Fsp3) is 0.300. The molecule has 0 bridgehead atoms. The Kier molecular flexibility index (Phi) is 7.49. The highest BCUT2D eigenvalue weighted by Crippen LogP contribution is 2.18. The molecule has 0 aliphatic carbocycles. The lowest BCUT2D eigenvalue weighted by molar-refractivity contribution is -0.148. The van der Waals surface area contributed by atoms with E-state index in [4.69, 9.17) is 27.9 Å². The average molecular weight is 394 g/mol. The summed E-state index contributed by atoms with van der Waals surface area (Å²) < 4.78 is 5.39. The molecule has 2 unspecified atom stereocenters. The summed E-state index contributed by atoms with van der Waals surface area (Å²) >= 11 is 11.9. The van der Waals surface area contributed by atoms with Crippen molar-refractivity contribution in [3.05, 3.63) is 69.7 Å². The molecule has 0 aliphatic rings. The van der Waals surface area contributed by atoms with E-state index in [9.17, 15) is 9.59 Å². The number of halogens is 2. The molecule has 26 heavy (non-hydrogen) atoms. The zero-order valence-corrected chi connectivity index (χ0v) is 16.2. The van der Waals surface area contributed by atoms with E-state index in [0.29, 0.717) is 22.0 Å². The van der Waals surface area contributed by atoms with Gasteiger partial charge in [-0.1, -0.05) is 61.7 Å². The lowest BCUT2D eigenvalue weighted by Gasteiger charge is -2.23. The third-order valence-electron chi connectivity index (χ3n) is 4.19. The standard InChI is InChI=1S/C20H21Cl2NO3/c1-3-13(2)18(23-19(24)14-8-10-16(21)11-9-14)20(25)26-12-15-6-4-5-7-17(15)22/h4-11,13,18H,3,12H2,1-2H3,(H,23,24). The number of hydrogen-bond acceptors (Lipinski definition) is 3. The van der Waals surface area contributed by atoms with Crippen LogP contribution in [0, 0.1) is 5.92 Å². The summed E-state index contributed by atoms with van der Waals surface area (Å²) in [7, 11) is 0. The molecule has 2 aromatic carbocycles. The second-order valence-electron chi connectivity index (χ2n) is 6.04. The number of esters is 1. The molecular formula is C20H21Cl2NO3. The van der Waals surface area contributed by atoms with Gasteiger partial charge in [-0.3, -0.25) is 4.79 Å². The molecule has 0 spiro atoms. The molecule has 0 heterocycles. The zero-order chi connectivity index (χ0) is 19.1. The summed E-state index contributed by atoms with van der Waals surface area (Å²) in [5.41, 5.74) is 1.15. The summed E-state index contributed by atoms with van der Waals surface area (Å²) in [6.07, 6.45) is 0.715. The smallest absolute Gasteiger partial charge is 0.329 e. The molecule has 6 heteroatoms. The van der Waals surface area contributed by atoms with Gasteiger partial charge < -0.3 is 10.1 Å². The number of carbonyl (C=O) groups excluding carboxylic acids is 2. The Bertz CT molecular complexity index is 762. The van der Waals surface area contributed by atoms with Gasteiger partial charge in [0.05, 0.1) is 0 Å². The Balaban J connectivity index is 2.06. The molecule has 2 aromatic rings. The Hall–Kier alpha value is -2.04. The van der Waals surface area contributed by atoms with Crippen molar-refractivity contribution in [1.82, 2.24) is 5.32 Å². The Morgan fingerprint density at radius 2 is 1.73 bits per heavy atom. The van der Waals surface area contributed by atoms with E-state index in [2.05, 4.69) is 5.32 Å². The molecule has 1 amide bonds. The van der Waals surface area contributed by atoms with Gasteiger partial charge in [0.15, 0.2) is 0 Å². The SMILES string of the molecule is CCC(C)C(NC(=O)c1ccc(Cl)cc1)C(=O)OCc1ccccc1Cl. The first-order valence-electron chi connectivity index (χ1n) is 8.38. The van der Waals surface area contributed by atoms with Gasteiger partial charge in [0.2, 0.25) is 0 Å². The second kappa shape index (κ2) is 9.60. The molecule has 2 atom stereocenters. The minimum atomic E-state index is -0.745. The molecular weight excluding hydrogens is 373 g/mol. The summed E-state index contributed by atoms with van der Waals surface area (Å²) in [5, 5.41) is 3.84. The van der Waals surface area contributed by atoms with Crippen LogP contribution in [0.4, 0.5) is 0 Å². The molecule has 0 fully saturated rings. The van der Waals surface area contributed by atoms with Gasteiger partial charge in [-0.2, -0.15) is 0 Å². The largest absolute Gasteiger partial charge is 0.459 e. The number of rotatable bonds is 7. The molecule has 2 rings (SSSR count). The van der Waals surface area contributed by atoms with Crippen LogP contribution >= 0.6 is 23.2 Å². The summed E-state index contributed by atoms with van der Waals surface area (Å²) in [5.74, 6) is -0.909. The third-order valence-corrected chi connectivity index (χ3v) is 4.81. The molecule has 0 aromatic heterocycles. The normalized spacial score (nSPS) is 12.9. The monoisotopic (exact) mass is 393 g/mol. The predicted molar refractivity (Wildman–Crippen MR) is 103 cm³/mol. The van der Waals surface area contributed by atoms with Gasteiger partial charge in [0.1, 0.15) is 12.6 Å². The highest BCUT2D eigenvalue weighted by atomic mass is 35.5. The highest BCUT2D eigenvalue weighted by Gasteiger charge is 2.28. The number of amides is 1. The fourth-order valence-corrected chi connectivity index (χ4v) is 2.67. The number of benzene rings is 2. The summed E-state index contributed by atoms with van der Waals surface area (Å²) in [4.78, 5) is 25.0. The summed E-state index contributed by atoms with van der Waals surface area (Å²) in [6, 6.07) is 12.9. The first-order valence-corrected chi connectivity index (χ1v) is 9.14. The zero-order valence-electron chi connectivity index (χ0n) is 14.7. The molecule has 0 radical (unpaired) electrons. The Morgan fingerprint density at radius 1 is 1.08 bits per heavy atom. The average Bonchev–Trinajstić information content (AvgIpc) is 2.65. The van der Waals surface area contributed by atoms with E-state index in [0.717, 1.165) is 5.56 Å². The van der Waals surface area contributed by atoms with Gasteiger partial charge in [-0.15, -0.1) is 0 Å². The van der Waals surface area contributed by atoms with E-state index >= 15 is 0 Å². The van der Waals surface area contributed by atoms with Gasteiger partial charge in [-0.05, 0) is 36.2 Å². The van der Waals surface area contributed by atoms with Crippen LogP contribution in [-0.4, -0.2) is 17.9 Å². The predicted octanol–water partition coefficient (Wildman–Crippen LogP) is 4.88. The van der Waals surface area contributed by atoms with E-state index in [1.54, 1.807) is 36.4 Å². The fourth-order valence-electron chi connectivity index (χ4n) is 2.35. The van der Waals surface area contributed by atoms with Crippen molar-refractivity contribution in [2.75, 3.05) is 0 Å². The van der Waals surface area contributed by atoms with Gasteiger partial charge in [0.25, 0.3) is 5.91 Å². The van der Waals surface area contributed by atoms with Crippen molar-refractivity contribution in [1.29, 1.82) is 0 Å². The lowest BCUT2D eigenvalue weighted by Crippen LogP contribution is -2.45. The molecule has 0 saturated carbocycles. The number of nitrogens with one attached hydrogen (secondary N) is 1. The van der Waals surface area contributed by atoms with Crippen molar-refractivity contribution in [2.45, 2.75) is 32.9 Å². The van der Waals surface area contributed by atoms with Gasteiger partial charge in [-0.25, -0.2) is 4.79 Å². The molecule has 4 nitrogen and oxygen atoms in total. The van der Waals surface area contributed by atoms with Crippen LogP contribution in [0.1, 0.15) is 36.2 Å². The molecule has 1 N–H and O–H groups in total. The van der Waals surface area contributed by atoms with Gasteiger partial charge in [0, 0.05) is 21.2 Å². The maximum Gasteiger partial charge on any atom is 0.329 e. The third kappa shape index (κ3) is 5.48. The molecule has 0 saturated heterocycles. The van der Waals surface area contributed by atoms with E-state index in [1.807, 2.05) is 26.0 Å². The van der Waals surface area contributed by atoms with Crippen LogP contribution in [0.3, 0.4) is 0 Å². The maximum atomic E-state index is 12.5. The van der Waals surface area contributed by atoms with Crippen molar-refractivity contribution < 1.29 is 14.3 Å². The van der Waals surface area contributed by atoms with Crippen LogP contribution in [0.2, 0.25) is 10.0 Å². The summed E-state index contributed by atoms with van der Waals surface area (Å²) in [6.45, 7) is 3.90. The first-order chi connectivity index (χ1) is 12.4. The Labute approximate surface area is 163 Å². The van der Waals surface area contributed by atoms with Crippen LogP contribution in [0.15, 0.2) is 48.5 Å². The van der Waals surface area contributed by atoms with E-state index < -0.39 is 12.0 Å². The van der Waals surface area contributed by atoms with Crippen LogP contribution in [0.25, 0.3) is 0 Å². The van der Waals surface area contributed by atoms with E-state index in [1.165, 1.54) is 0 Å². The van der Waals surface area contributed by atoms with Crippen LogP contribution in [-0.2, 0) is 16.1 Å². The maximum absolute atomic E-state index is 12.5. The lowest BCUT2D eigenvalue weighted by atomic mass is 9.98.